The van der Waals surface area contributed by atoms with Gasteiger partial charge in [-0.1, -0.05) is 26.0 Å². The van der Waals surface area contributed by atoms with Gasteiger partial charge in [-0.25, -0.2) is 4.68 Å². The summed E-state index contributed by atoms with van der Waals surface area (Å²) in [5.74, 6) is 0.894. The Morgan fingerprint density at radius 3 is 2.67 bits per heavy atom. The minimum atomic E-state index is -0.111. The first-order valence-corrected chi connectivity index (χ1v) is 7.91. The molecular weight excluding hydrogens is 266 g/mol. The van der Waals surface area contributed by atoms with E-state index in [1.807, 2.05) is 11.6 Å². The zero-order valence-electron chi connectivity index (χ0n) is 13.5. The predicted octanol–water partition coefficient (Wildman–Crippen LogP) is 1.53. The van der Waals surface area contributed by atoms with Gasteiger partial charge in [0.1, 0.15) is 0 Å². The smallest absolute Gasteiger partial charge is 0.273 e. The van der Waals surface area contributed by atoms with E-state index in [4.69, 9.17) is 0 Å². The molecule has 0 spiro atoms. The third-order valence-electron chi connectivity index (χ3n) is 4.52. The molecule has 0 bridgehead atoms. The van der Waals surface area contributed by atoms with Gasteiger partial charge in [0, 0.05) is 6.54 Å². The molecule has 21 heavy (non-hydrogen) atoms. The van der Waals surface area contributed by atoms with Crippen molar-refractivity contribution < 1.29 is 4.79 Å². The van der Waals surface area contributed by atoms with E-state index in [1.165, 1.54) is 0 Å². The van der Waals surface area contributed by atoms with Crippen LogP contribution in [0, 0.1) is 18.8 Å². The normalized spacial score (nSPS) is 18.0. The quantitative estimate of drug-likeness (QED) is 0.863. The number of nitrogens with one attached hydrogen (secondary N) is 2. The van der Waals surface area contributed by atoms with Gasteiger partial charge < -0.3 is 10.6 Å². The number of hydrogen-bond acceptors (Lipinski definition) is 4. The van der Waals surface area contributed by atoms with Gasteiger partial charge in [-0.15, -0.1) is 5.10 Å². The molecule has 1 unspecified atom stereocenters. The van der Waals surface area contributed by atoms with E-state index in [-0.39, 0.29) is 5.91 Å². The molecule has 1 aliphatic heterocycles. The standard InChI is InChI=1S/C15H27N5O/c1-10(2)11(3)9-17-15(21)14-12(4)20(19-18-14)13-5-7-16-8-6-13/h10-11,13,16H,5-9H2,1-4H3,(H,17,21). The molecule has 0 aromatic carbocycles. The molecule has 2 rings (SSSR count). The molecule has 2 N–H and O–H groups in total. The minimum Gasteiger partial charge on any atom is -0.350 e. The lowest BCUT2D eigenvalue weighted by Crippen LogP contribution is -2.31. The van der Waals surface area contributed by atoms with Crippen molar-refractivity contribution >= 4 is 5.91 Å². The summed E-state index contributed by atoms with van der Waals surface area (Å²) in [6.07, 6.45) is 2.07. The molecule has 118 valence electrons. The Morgan fingerprint density at radius 2 is 2.05 bits per heavy atom. The number of hydrogen-bond donors (Lipinski definition) is 2. The van der Waals surface area contributed by atoms with Gasteiger partial charge >= 0.3 is 0 Å². The van der Waals surface area contributed by atoms with Crippen molar-refractivity contribution in [1.29, 1.82) is 0 Å². The van der Waals surface area contributed by atoms with Crippen LogP contribution in [0.2, 0.25) is 0 Å². The van der Waals surface area contributed by atoms with Crippen LogP contribution < -0.4 is 10.6 Å². The molecule has 1 aromatic heterocycles. The fraction of sp³-hybridized carbons (Fsp3) is 0.800. The lowest BCUT2D eigenvalue weighted by atomic mass is 9.98. The van der Waals surface area contributed by atoms with E-state index in [1.54, 1.807) is 0 Å². The molecular formula is C15H27N5O. The van der Waals surface area contributed by atoms with Crippen molar-refractivity contribution in [2.24, 2.45) is 11.8 Å². The Labute approximate surface area is 126 Å². The Kier molecular flexibility index (Phi) is 5.33. The summed E-state index contributed by atoms with van der Waals surface area (Å²) in [6, 6.07) is 0.356. The third-order valence-corrected chi connectivity index (χ3v) is 4.52. The van der Waals surface area contributed by atoms with Crippen LogP contribution in [0.5, 0.6) is 0 Å². The van der Waals surface area contributed by atoms with Crippen LogP contribution in [0.1, 0.15) is 55.8 Å². The van der Waals surface area contributed by atoms with Gasteiger partial charge in [0.25, 0.3) is 5.91 Å². The van der Waals surface area contributed by atoms with E-state index in [2.05, 4.69) is 41.7 Å². The van der Waals surface area contributed by atoms with E-state index in [9.17, 15) is 4.79 Å². The minimum absolute atomic E-state index is 0.111. The first-order chi connectivity index (χ1) is 10.0. The van der Waals surface area contributed by atoms with Crippen molar-refractivity contribution in [2.75, 3.05) is 19.6 Å². The highest BCUT2D eigenvalue weighted by Crippen LogP contribution is 2.20. The summed E-state index contributed by atoms with van der Waals surface area (Å²) in [5, 5.41) is 14.6. The zero-order valence-corrected chi connectivity index (χ0v) is 13.5. The highest BCUT2D eigenvalue weighted by molar-refractivity contribution is 5.93. The zero-order chi connectivity index (χ0) is 15.4. The highest BCUT2D eigenvalue weighted by atomic mass is 16.2. The molecule has 6 heteroatoms. The molecule has 6 nitrogen and oxygen atoms in total. The second-order valence-corrected chi connectivity index (χ2v) is 6.38. The van der Waals surface area contributed by atoms with Crippen LogP contribution in [-0.4, -0.2) is 40.5 Å². The Bertz CT molecular complexity index is 476. The first-order valence-electron chi connectivity index (χ1n) is 7.91. The number of nitrogens with zero attached hydrogens (tertiary/aromatic N) is 3. The van der Waals surface area contributed by atoms with Gasteiger partial charge in [-0.05, 0) is 44.7 Å². The maximum Gasteiger partial charge on any atom is 0.273 e. The van der Waals surface area contributed by atoms with Crippen molar-refractivity contribution in [3.05, 3.63) is 11.4 Å². The lowest BCUT2D eigenvalue weighted by molar-refractivity contribution is 0.0939. The van der Waals surface area contributed by atoms with Gasteiger partial charge in [0.2, 0.25) is 0 Å². The van der Waals surface area contributed by atoms with Crippen molar-refractivity contribution in [3.63, 3.8) is 0 Å². The third kappa shape index (κ3) is 3.81. The molecule has 1 aliphatic rings. The molecule has 1 amide bonds. The Morgan fingerprint density at radius 1 is 1.38 bits per heavy atom. The van der Waals surface area contributed by atoms with E-state index < -0.39 is 0 Å². The molecule has 0 saturated carbocycles. The van der Waals surface area contributed by atoms with Crippen LogP contribution >= 0.6 is 0 Å². The van der Waals surface area contributed by atoms with E-state index >= 15 is 0 Å². The first kappa shape index (κ1) is 15.9. The number of carbonyl (C=O) groups is 1. The average molecular weight is 293 g/mol. The lowest BCUT2D eigenvalue weighted by Gasteiger charge is -2.23. The van der Waals surface area contributed by atoms with Crippen LogP contribution in [-0.2, 0) is 0 Å². The number of piperidine rings is 1. The average Bonchev–Trinajstić information content (AvgIpc) is 2.87. The summed E-state index contributed by atoms with van der Waals surface area (Å²) in [4.78, 5) is 12.2. The van der Waals surface area contributed by atoms with Gasteiger partial charge in [-0.3, -0.25) is 4.79 Å². The molecule has 2 heterocycles. The van der Waals surface area contributed by atoms with Gasteiger partial charge in [0.15, 0.2) is 5.69 Å². The summed E-state index contributed by atoms with van der Waals surface area (Å²) >= 11 is 0. The van der Waals surface area contributed by atoms with E-state index in [0.29, 0.717) is 30.1 Å². The maximum atomic E-state index is 12.2. The Hall–Kier alpha value is -1.43. The Balaban J connectivity index is 2.00. The van der Waals surface area contributed by atoms with Gasteiger partial charge in [0.05, 0.1) is 11.7 Å². The van der Waals surface area contributed by atoms with Gasteiger partial charge in [-0.2, -0.15) is 0 Å². The van der Waals surface area contributed by atoms with Crippen molar-refractivity contribution in [2.45, 2.75) is 46.6 Å². The molecule has 1 aromatic rings. The van der Waals surface area contributed by atoms with Crippen molar-refractivity contribution in [1.82, 2.24) is 25.6 Å². The fourth-order valence-electron chi connectivity index (χ4n) is 2.52. The topological polar surface area (TPSA) is 71.8 Å². The summed E-state index contributed by atoms with van der Waals surface area (Å²) in [5.41, 5.74) is 1.33. The monoisotopic (exact) mass is 293 g/mol. The summed E-state index contributed by atoms with van der Waals surface area (Å²) < 4.78 is 1.92. The number of aromatic nitrogens is 3. The van der Waals surface area contributed by atoms with Crippen LogP contribution in [0.3, 0.4) is 0 Å². The fourth-order valence-corrected chi connectivity index (χ4v) is 2.52. The molecule has 1 fully saturated rings. The molecule has 0 radical (unpaired) electrons. The number of carbonyl (C=O) groups excluding carboxylic acids is 1. The van der Waals surface area contributed by atoms with Crippen LogP contribution in [0.15, 0.2) is 0 Å². The number of rotatable bonds is 5. The molecule has 0 aliphatic carbocycles. The summed E-state index contributed by atoms with van der Waals surface area (Å²) in [6.45, 7) is 11.1. The highest BCUT2D eigenvalue weighted by Gasteiger charge is 2.23. The largest absolute Gasteiger partial charge is 0.350 e. The second kappa shape index (κ2) is 7.02. The maximum absolute atomic E-state index is 12.2. The van der Waals surface area contributed by atoms with Crippen LogP contribution in [0.4, 0.5) is 0 Å². The van der Waals surface area contributed by atoms with Crippen LogP contribution in [0.25, 0.3) is 0 Å². The molecule has 1 saturated heterocycles. The second-order valence-electron chi connectivity index (χ2n) is 6.38. The molecule has 1 atom stereocenters. The predicted molar refractivity (Wildman–Crippen MR) is 82.2 cm³/mol. The SMILES string of the molecule is Cc1c(C(=O)NCC(C)C(C)C)nnn1C1CCNCC1. The number of amides is 1. The summed E-state index contributed by atoms with van der Waals surface area (Å²) in [7, 11) is 0. The van der Waals surface area contributed by atoms with Crippen molar-refractivity contribution in [3.8, 4) is 0 Å². The van der Waals surface area contributed by atoms with E-state index in [0.717, 1.165) is 31.6 Å².